The van der Waals surface area contributed by atoms with Gasteiger partial charge in [-0.1, -0.05) is 72.8 Å². The van der Waals surface area contributed by atoms with Gasteiger partial charge in [0.25, 0.3) is 0 Å². The summed E-state index contributed by atoms with van der Waals surface area (Å²) in [6.07, 6.45) is 3.46. The first-order valence-electron chi connectivity index (χ1n) is 8.09. The van der Waals surface area contributed by atoms with Crippen LogP contribution in [-0.2, 0) is 4.79 Å². The second-order valence-electron chi connectivity index (χ2n) is 5.51. The first kappa shape index (κ1) is 17.7. The highest BCUT2D eigenvalue weighted by Crippen LogP contribution is 2.21. The summed E-state index contributed by atoms with van der Waals surface area (Å²) in [5.74, 6) is 0.0339. The summed E-state index contributed by atoms with van der Waals surface area (Å²) in [5, 5.41) is 3.39. The molecule has 24 heavy (non-hydrogen) atoms. The number of carbonyl (C=O) groups excluding carboxylic acids is 1. The predicted octanol–water partition coefficient (Wildman–Crippen LogP) is 3.57. The molecular weight excluding hydrogens is 296 g/mol. The molecule has 0 saturated carbocycles. The lowest BCUT2D eigenvalue weighted by molar-refractivity contribution is -0.129. The van der Waals surface area contributed by atoms with Crippen LogP contribution in [0.1, 0.15) is 17.2 Å². The smallest absolute Gasteiger partial charge is 0.237 e. The second kappa shape index (κ2) is 9.48. The molecule has 0 aliphatic carbocycles. The van der Waals surface area contributed by atoms with Crippen LogP contribution >= 0.6 is 0 Å². The van der Waals surface area contributed by atoms with Crippen molar-refractivity contribution in [2.45, 2.75) is 6.04 Å². The number of hydrogen-bond acceptors (Lipinski definition) is 2. The molecule has 2 aromatic rings. The Morgan fingerprint density at radius 2 is 1.38 bits per heavy atom. The maximum atomic E-state index is 12.5. The van der Waals surface area contributed by atoms with Crippen LogP contribution < -0.4 is 5.32 Å². The molecule has 3 nitrogen and oxygen atoms in total. The molecule has 0 unspecified atom stereocenters. The van der Waals surface area contributed by atoms with Gasteiger partial charge in [-0.15, -0.1) is 13.2 Å². The van der Waals surface area contributed by atoms with Crippen molar-refractivity contribution >= 4 is 5.91 Å². The summed E-state index contributed by atoms with van der Waals surface area (Å²) in [5.41, 5.74) is 2.27. The van der Waals surface area contributed by atoms with Crippen LogP contribution in [0.15, 0.2) is 86.0 Å². The van der Waals surface area contributed by atoms with Crippen molar-refractivity contribution in [3.05, 3.63) is 97.1 Å². The minimum Gasteiger partial charge on any atom is -0.334 e. The summed E-state index contributed by atoms with van der Waals surface area (Å²) < 4.78 is 0. The molecule has 0 aromatic heterocycles. The number of amides is 1. The highest BCUT2D eigenvalue weighted by atomic mass is 16.2. The molecular formula is C21H24N2O. The monoisotopic (exact) mass is 320 g/mol. The number of rotatable bonds is 9. The third-order valence-corrected chi connectivity index (χ3v) is 3.77. The lowest BCUT2D eigenvalue weighted by Gasteiger charge is -2.23. The van der Waals surface area contributed by atoms with Gasteiger partial charge in [0.1, 0.15) is 0 Å². The summed E-state index contributed by atoms with van der Waals surface area (Å²) in [4.78, 5) is 14.2. The van der Waals surface area contributed by atoms with Crippen LogP contribution in [0, 0.1) is 0 Å². The van der Waals surface area contributed by atoms with Crippen LogP contribution in [0.4, 0.5) is 0 Å². The largest absolute Gasteiger partial charge is 0.334 e. The maximum Gasteiger partial charge on any atom is 0.237 e. The van der Waals surface area contributed by atoms with E-state index >= 15 is 0 Å². The molecule has 0 spiro atoms. The van der Waals surface area contributed by atoms with Crippen LogP contribution in [0.25, 0.3) is 0 Å². The molecule has 0 aliphatic rings. The maximum absolute atomic E-state index is 12.5. The molecule has 0 fully saturated rings. The van der Waals surface area contributed by atoms with Crippen molar-refractivity contribution in [3.8, 4) is 0 Å². The van der Waals surface area contributed by atoms with E-state index in [4.69, 9.17) is 0 Å². The number of benzene rings is 2. The van der Waals surface area contributed by atoms with E-state index in [1.54, 1.807) is 17.1 Å². The van der Waals surface area contributed by atoms with Crippen molar-refractivity contribution in [1.82, 2.24) is 10.2 Å². The fraction of sp³-hybridized carbons (Fsp3) is 0.190. The van der Waals surface area contributed by atoms with E-state index < -0.39 is 0 Å². The van der Waals surface area contributed by atoms with E-state index in [1.165, 1.54) is 0 Å². The van der Waals surface area contributed by atoms with Crippen molar-refractivity contribution in [1.29, 1.82) is 0 Å². The second-order valence-corrected chi connectivity index (χ2v) is 5.51. The first-order chi connectivity index (χ1) is 11.8. The van der Waals surface area contributed by atoms with Gasteiger partial charge in [-0.25, -0.2) is 0 Å². The van der Waals surface area contributed by atoms with E-state index in [9.17, 15) is 4.79 Å². The quantitative estimate of drug-likeness (QED) is 0.717. The molecule has 1 amide bonds. The molecule has 3 heteroatoms. The molecule has 0 radical (unpaired) electrons. The van der Waals surface area contributed by atoms with Gasteiger partial charge < -0.3 is 4.90 Å². The summed E-state index contributed by atoms with van der Waals surface area (Å²) in [6.45, 7) is 8.72. The Morgan fingerprint density at radius 3 is 1.79 bits per heavy atom. The Balaban J connectivity index is 2.13. The van der Waals surface area contributed by atoms with E-state index in [0.717, 1.165) is 11.1 Å². The van der Waals surface area contributed by atoms with E-state index in [2.05, 4.69) is 42.7 Å². The van der Waals surface area contributed by atoms with Gasteiger partial charge in [0.05, 0.1) is 12.6 Å². The lowest BCUT2D eigenvalue weighted by Crippen LogP contribution is -2.39. The Morgan fingerprint density at radius 1 is 0.917 bits per heavy atom. The molecule has 124 valence electrons. The fourth-order valence-electron chi connectivity index (χ4n) is 2.61. The van der Waals surface area contributed by atoms with Gasteiger partial charge in [-0.2, -0.15) is 0 Å². The van der Waals surface area contributed by atoms with Gasteiger partial charge in [-0.05, 0) is 11.1 Å². The fourth-order valence-corrected chi connectivity index (χ4v) is 2.61. The third-order valence-electron chi connectivity index (χ3n) is 3.77. The lowest BCUT2D eigenvalue weighted by atomic mass is 9.99. The zero-order valence-corrected chi connectivity index (χ0v) is 13.9. The Hall–Kier alpha value is -2.65. The predicted molar refractivity (Wildman–Crippen MR) is 99.7 cm³/mol. The molecule has 2 aromatic carbocycles. The van der Waals surface area contributed by atoms with Crippen molar-refractivity contribution in [2.24, 2.45) is 0 Å². The molecule has 1 N–H and O–H groups in total. The highest BCUT2D eigenvalue weighted by molar-refractivity contribution is 5.78. The molecule has 0 heterocycles. The van der Waals surface area contributed by atoms with Crippen LogP contribution in [0.5, 0.6) is 0 Å². The van der Waals surface area contributed by atoms with E-state index in [1.807, 2.05) is 36.4 Å². The van der Waals surface area contributed by atoms with Gasteiger partial charge in [-0.3, -0.25) is 10.1 Å². The van der Waals surface area contributed by atoms with Gasteiger partial charge in [0.2, 0.25) is 5.91 Å². The van der Waals surface area contributed by atoms with Crippen molar-refractivity contribution in [3.63, 3.8) is 0 Å². The Bertz CT molecular complexity index is 603. The number of nitrogens with one attached hydrogen (secondary N) is 1. The average molecular weight is 320 g/mol. The van der Waals surface area contributed by atoms with Crippen LogP contribution in [0.3, 0.4) is 0 Å². The minimum atomic E-state index is -0.0225. The SMILES string of the molecule is C=CCN(CC=C)C(=O)CNC(c1ccccc1)c1ccccc1. The molecule has 0 aliphatic heterocycles. The standard InChI is InChI=1S/C21H24N2O/c1-3-15-23(16-4-2)20(24)17-22-21(18-11-7-5-8-12-18)19-13-9-6-10-14-19/h3-14,21-22H,1-2,15-17H2. The van der Waals surface area contributed by atoms with Gasteiger partial charge in [0, 0.05) is 13.1 Å². The van der Waals surface area contributed by atoms with Gasteiger partial charge in [0.15, 0.2) is 0 Å². The Labute approximate surface area is 144 Å². The topological polar surface area (TPSA) is 32.3 Å². The first-order valence-corrected chi connectivity index (χ1v) is 8.09. The highest BCUT2D eigenvalue weighted by Gasteiger charge is 2.17. The minimum absolute atomic E-state index is 0.0225. The normalized spacial score (nSPS) is 10.4. The van der Waals surface area contributed by atoms with Crippen LogP contribution in [0.2, 0.25) is 0 Å². The summed E-state index contributed by atoms with van der Waals surface area (Å²) in [6, 6.07) is 20.3. The average Bonchev–Trinajstić information content (AvgIpc) is 2.63. The van der Waals surface area contributed by atoms with Crippen molar-refractivity contribution in [2.75, 3.05) is 19.6 Å². The Kier molecular flexibility index (Phi) is 6.99. The summed E-state index contributed by atoms with van der Waals surface area (Å²) in [7, 11) is 0. The molecule has 2 rings (SSSR count). The number of nitrogens with zero attached hydrogens (tertiary/aromatic N) is 1. The molecule has 0 saturated heterocycles. The van der Waals surface area contributed by atoms with E-state index in [-0.39, 0.29) is 18.5 Å². The van der Waals surface area contributed by atoms with E-state index in [0.29, 0.717) is 13.1 Å². The summed E-state index contributed by atoms with van der Waals surface area (Å²) >= 11 is 0. The van der Waals surface area contributed by atoms with Crippen LogP contribution in [-0.4, -0.2) is 30.4 Å². The van der Waals surface area contributed by atoms with Crippen molar-refractivity contribution < 1.29 is 4.79 Å². The molecule has 0 bridgehead atoms. The zero-order chi connectivity index (χ0) is 17.2. The molecule has 0 atom stereocenters. The zero-order valence-electron chi connectivity index (χ0n) is 13.9. The van der Waals surface area contributed by atoms with Gasteiger partial charge >= 0.3 is 0 Å². The number of hydrogen-bond donors (Lipinski definition) is 1. The number of carbonyl (C=O) groups is 1. The third kappa shape index (κ3) is 4.93.